The lowest BCUT2D eigenvalue weighted by Gasteiger charge is -2.01. The number of unbranched alkanes of at least 4 members (excludes halogenated alkanes) is 1. The minimum Gasteiger partial charge on any atom is -0.772 e. The predicted molar refractivity (Wildman–Crippen MR) is 30.1 cm³/mol. The highest BCUT2D eigenvalue weighted by molar-refractivity contribution is 7.79. The second-order valence-electron chi connectivity index (χ2n) is 1.44. The zero-order chi connectivity index (χ0) is 6.41. The van der Waals surface area contributed by atoms with E-state index in [2.05, 4.69) is 0 Å². The topological polar surface area (TPSA) is 60.4 Å². The molecule has 8 heavy (non-hydrogen) atoms. The van der Waals surface area contributed by atoms with E-state index in [9.17, 15) is 8.76 Å². The molecule has 3 nitrogen and oxygen atoms in total. The van der Waals surface area contributed by atoms with Crippen LogP contribution in [0.4, 0.5) is 0 Å². The van der Waals surface area contributed by atoms with Crippen LogP contribution in [0.25, 0.3) is 0 Å². The standard InChI is InChI=1S/C4H10O3S/c5-3-1-2-4-8(6)7/h5H,1-4H2,(H,6,7)/p-1. The van der Waals surface area contributed by atoms with Crippen molar-refractivity contribution in [2.75, 3.05) is 12.4 Å². The molecule has 4 heteroatoms. The van der Waals surface area contributed by atoms with Crippen molar-refractivity contribution in [3.63, 3.8) is 0 Å². The van der Waals surface area contributed by atoms with Crippen molar-refractivity contribution in [2.24, 2.45) is 0 Å². The average molecular weight is 137 g/mol. The number of aliphatic hydroxyl groups is 1. The Bertz CT molecular complexity index is 73.7. The maximum atomic E-state index is 9.79. The Morgan fingerprint density at radius 1 is 1.50 bits per heavy atom. The molecular weight excluding hydrogens is 128 g/mol. The van der Waals surface area contributed by atoms with Crippen LogP contribution in [0.2, 0.25) is 0 Å². The van der Waals surface area contributed by atoms with Gasteiger partial charge in [-0.3, -0.25) is 4.21 Å². The van der Waals surface area contributed by atoms with Crippen LogP contribution in [0.3, 0.4) is 0 Å². The maximum absolute atomic E-state index is 9.79. The summed E-state index contributed by atoms with van der Waals surface area (Å²) in [7, 11) is 0. The van der Waals surface area contributed by atoms with Gasteiger partial charge in [0.05, 0.1) is 0 Å². The fourth-order valence-electron chi connectivity index (χ4n) is 0.332. The molecule has 0 aliphatic rings. The summed E-state index contributed by atoms with van der Waals surface area (Å²) in [6.07, 6.45) is 1.14. The van der Waals surface area contributed by atoms with Gasteiger partial charge < -0.3 is 9.66 Å². The van der Waals surface area contributed by atoms with E-state index in [1.54, 1.807) is 0 Å². The van der Waals surface area contributed by atoms with Crippen LogP contribution in [0.15, 0.2) is 0 Å². The largest absolute Gasteiger partial charge is 0.772 e. The molecule has 0 aromatic carbocycles. The monoisotopic (exact) mass is 137 g/mol. The summed E-state index contributed by atoms with van der Waals surface area (Å²) in [6, 6.07) is 0. The number of aliphatic hydroxyl groups excluding tert-OH is 1. The van der Waals surface area contributed by atoms with Crippen LogP contribution >= 0.6 is 0 Å². The van der Waals surface area contributed by atoms with Crippen molar-refractivity contribution < 1.29 is 13.9 Å². The van der Waals surface area contributed by atoms with Gasteiger partial charge in [0.25, 0.3) is 0 Å². The Balaban J connectivity index is 2.82. The molecule has 0 rings (SSSR count). The van der Waals surface area contributed by atoms with Crippen molar-refractivity contribution in [2.45, 2.75) is 12.8 Å². The van der Waals surface area contributed by atoms with Crippen LogP contribution in [-0.4, -0.2) is 26.2 Å². The van der Waals surface area contributed by atoms with Crippen LogP contribution < -0.4 is 0 Å². The number of hydrogen-bond acceptors (Lipinski definition) is 3. The second-order valence-corrected chi connectivity index (χ2v) is 2.45. The quantitative estimate of drug-likeness (QED) is 0.425. The van der Waals surface area contributed by atoms with E-state index in [0.717, 1.165) is 0 Å². The van der Waals surface area contributed by atoms with Gasteiger partial charge in [0.2, 0.25) is 0 Å². The number of rotatable bonds is 4. The Labute approximate surface area is 51.0 Å². The molecule has 0 aromatic rings. The van der Waals surface area contributed by atoms with Gasteiger partial charge in [-0.2, -0.15) is 0 Å². The van der Waals surface area contributed by atoms with Crippen LogP contribution in [0, 0.1) is 0 Å². The van der Waals surface area contributed by atoms with Gasteiger partial charge in [0, 0.05) is 12.4 Å². The molecule has 1 unspecified atom stereocenters. The molecule has 0 saturated heterocycles. The van der Waals surface area contributed by atoms with Gasteiger partial charge in [-0.05, 0) is 12.8 Å². The Morgan fingerprint density at radius 2 is 2.12 bits per heavy atom. The van der Waals surface area contributed by atoms with Crippen molar-refractivity contribution >= 4 is 11.1 Å². The van der Waals surface area contributed by atoms with Gasteiger partial charge in [0.15, 0.2) is 0 Å². The minimum atomic E-state index is -1.93. The highest BCUT2D eigenvalue weighted by Gasteiger charge is 1.83. The van der Waals surface area contributed by atoms with E-state index in [1.807, 2.05) is 0 Å². The first-order valence-corrected chi connectivity index (χ1v) is 3.68. The third kappa shape index (κ3) is 6.07. The molecule has 0 fully saturated rings. The molecule has 0 aliphatic carbocycles. The molecular formula is C4H9O3S-. The second kappa shape index (κ2) is 5.21. The smallest absolute Gasteiger partial charge is 0.0431 e. The molecule has 0 amide bonds. The van der Waals surface area contributed by atoms with Crippen LogP contribution in [0.5, 0.6) is 0 Å². The molecule has 0 spiro atoms. The number of hydrogen-bond donors (Lipinski definition) is 1. The van der Waals surface area contributed by atoms with Gasteiger partial charge in [-0.1, -0.05) is 11.1 Å². The van der Waals surface area contributed by atoms with Gasteiger partial charge >= 0.3 is 0 Å². The zero-order valence-corrected chi connectivity index (χ0v) is 5.32. The van der Waals surface area contributed by atoms with Crippen molar-refractivity contribution in [3.8, 4) is 0 Å². The highest BCUT2D eigenvalue weighted by atomic mass is 32.2. The third-order valence-corrected chi connectivity index (χ3v) is 1.34. The first-order valence-electron chi connectivity index (χ1n) is 2.44. The molecule has 0 bridgehead atoms. The summed E-state index contributed by atoms with van der Waals surface area (Å²) in [6.45, 7) is 0.0806. The highest BCUT2D eigenvalue weighted by Crippen LogP contribution is 1.87. The maximum Gasteiger partial charge on any atom is 0.0431 e. The van der Waals surface area contributed by atoms with Crippen molar-refractivity contribution in [3.05, 3.63) is 0 Å². The third-order valence-electron chi connectivity index (χ3n) is 0.719. The van der Waals surface area contributed by atoms with E-state index in [1.165, 1.54) is 0 Å². The van der Waals surface area contributed by atoms with E-state index < -0.39 is 11.1 Å². The summed E-state index contributed by atoms with van der Waals surface area (Å²) in [5.41, 5.74) is 0. The first kappa shape index (κ1) is 8.07. The Kier molecular flexibility index (Phi) is 5.26. The lowest BCUT2D eigenvalue weighted by molar-refractivity contribution is 0.287. The van der Waals surface area contributed by atoms with Crippen LogP contribution in [-0.2, 0) is 11.1 Å². The van der Waals surface area contributed by atoms with Gasteiger partial charge in [-0.25, -0.2) is 0 Å². The van der Waals surface area contributed by atoms with E-state index in [0.29, 0.717) is 12.8 Å². The zero-order valence-electron chi connectivity index (χ0n) is 4.50. The summed E-state index contributed by atoms with van der Waals surface area (Å²) in [5, 5.41) is 8.18. The fraction of sp³-hybridized carbons (Fsp3) is 1.00. The Hall–Kier alpha value is 0.0700. The first-order chi connectivity index (χ1) is 3.77. The molecule has 0 saturated carbocycles. The average Bonchev–Trinajstić information content (AvgIpc) is 1.66. The van der Waals surface area contributed by atoms with Crippen molar-refractivity contribution in [1.82, 2.24) is 0 Å². The van der Waals surface area contributed by atoms with E-state index >= 15 is 0 Å². The molecule has 1 atom stereocenters. The van der Waals surface area contributed by atoms with Gasteiger partial charge in [-0.15, -0.1) is 0 Å². The molecule has 0 heterocycles. The predicted octanol–water partition coefficient (Wildman–Crippen LogP) is -0.362. The van der Waals surface area contributed by atoms with Gasteiger partial charge in [0.1, 0.15) is 0 Å². The lowest BCUT2D eigenvalue weighted by atomic mass is 10.4. The molecule has 50 valence electrons. The Morgan fingerprint density at radius 3 is 2.50 bits per heavy atom. The SMILES string of the molecule is O=S([O-])CCCCO. The minimum absolute atomic E-state index is 0.0806. The molecule has 0 aromatic heterocycles. The fourth-order valence-corrected chi connectivity index (χ4v) is 0.772. The summed E-state index contributed by atoms with van der Waals surface area (Å²) < 4.78 is 19.6. The van der Waals surface area contributed by atoms with Crippen LogP contribution in [0.1, 0.15) is 12.8 Å². The van der Waals surface area contributed by atoms with E-state index in [4.69, 9.17) is 5.11 Å². The molecule has 0 radical (unpaired) electrons. The van der Waals surface area contributed by atoms with E-state index in [-0.39, 0.29) is 12.4 Å². The summed E-state index contributed by atoms with van der Waals surface area (Å²) >= 11 is -1.93. The summed E-state index contributed by atoms with van der Waals surface area (Å²) in [5.74, 6) is 0.167. The van der Waals surface area contributed by atoms with Crippen molar-refractivity contribution in [1.29, 1.82) is 0 Å². The normalized spacial score (nSPS) is 13.8. The molecule has 1 N–H and O–H groups in total. The lowest BCUT2D eigenvalue weighted by Crippen LogP contribution is -1.95. The molecule has 0 aliphatic heterocycles. The summed E-state index contributed by atoms with van der Waals surface area (Å²) in [4.78, 5) is 0.